The molecule has 0 radical (unpaired) electrons. The van der Waals surface area contributed by atoms with Crippen LogP contribution in [0.2, 0.25) is 0 Å². The molecule has 27 heavy (non-hydrogen) atoms. The van der Waals surface area contributed by atoms with Gasteiger partial charge in [0.25, 0.3) is 0 Å². The Kier molecular flexibility index (Phi) is 4.48. The maximum absolute atomic E-state index is 13.2. The molecule has 3 heterocycles. The number of methoxy groups -OCH3 is 1. The normalized spacial score (nSPS) is 17.9. The summed E-state index contributed by atoms with van der Waals surface area (Å²) in [7, 11) is 1.54. The van der Waals surface area contributed by atoms with E-state index in [1.165, 1.54) is 7.11 Å². The summed E-state index contributed by atoms with van der Waals surface area (Å²) >= 11 is 0. The zero-order valence-corrected chi connectivity index (χ0v) is 14.8. The zero-order valence-electron chi connectivity index (χ0n) is 14.8. The molecule has 0 N–H and O–H groups in total. The Hall–Kier alpha value is -2.65. The number of hydrogen-bond donors (Lipinski definition) is 0. The zero-order chi connectivity index (χ0) is 19.0. The van der Waals surface area contributed by atoms with Crippen molar-refractivity contribution in [3.05, 3.63) is 29.8 Å². The number of nitrogens with zero attached hydrogens (tertiary/aromatic N) is 6. The van der Waals surface area contributed by atoms with Gasteiger partial charge in [0.1, 0.15) is 17.3 Å². The highest BCUT2D eigenvalue weighted by Gasteiger charge is 2.37. The molecule has 2 aromatic rings. The highest BCUT2D eigenvalue weighted by molar-refractivity contribution is 5.44. The topological polar surface area (TPSA) is 67.3 Å². The fourth-order valence-electron chi connectivity index (χ4n) is 3.02. The molecule has 7 nitrogen and oxygen atoms in total. The Morgan fingerprint density at radius 2 is 1.74 bits per heavy atom. The third-order valence-electron chi connectivity index (χ3n) is 4.68. The molecule has 0 unspecified atom stereocenters. The SMILES string of the molecule is COc1ccnc(N2CCN(c3cc(C(F)(F)F)nc(C4CC4)n3)CC2)n1. The number of piperazine rings is 1. The van der Waals surface area contributed by atoms with Gasteiger partial charge in [0.05, 0.1) is 7.11 Å². The van der Waals surface area contributed by atoms with Crippen LogP contribution in [-0.2, 0) is 6.18 Å². The highest BCUT2D eigenvalue weighted by Crippen LogP contribution is 2.40. The number of aromatic nitrogens is 4. The number of rotatable bonds is 4. The predicted molar refractivity (Wildman–Crippen MR) is 92.0 cm³/mol. The van der Waals surface area contributed by atoms with E-state index in [1.54, 1.807) is 12.3 Å². The summed E-state index contributed by atoms with van der Waals surface area (Å²) in [5.74, 6) is 1.72. The van der Waals surface area contributed by atoms with Crippen LogP contribution in [0.4, 0.5) is 24.9 Å². The summed E-state index contributed by atoms with van der Waals surface area (Å²) in [6, 6.07) is 2.71. The van der Waals surface area contributed by atoms with Gasteiger partial charge in [0.15, 0.2) is 0 Å². The van der Waals surface area contributed by atoms with E-state index < -0.39 is 11.9 Å². The van der Waals surface area contributed by atoms with Crippen LogP contribution < -0.4 is 14.5 Å². The number of halogens is 3. The highest BCUT2D eigenvalue weighted by atomic mass is 19.4. The van der Waals surface area contributed by atoms with Crippen LogP contribution in [0.5, 0.6) is 5.88 Å². The van der Waals surface area contributed by atoms with E-state index in [4.69, 9.17) is 4.74 Å². The lowest BCUT2D eigenvalue weighted by Gasteiger charge is -2.35. The van der Waals surface area contributed by atoms with E-state index in [0.717, 1.165) is 18.9 Å². The average Bonchev–Trinajstić information content (AvgIpc) is 3.52. The van der Waals surface area contributed by atoms with Gasteiger partial charge in [-0.05, 0) is 12.8 Å². The second kappa shape index (κ2) is 6.82. The lowest BCUT2D eigenvalue weighted by molar-refractivity contribution is -0.141. The van der Waals surface area contributed by atoms with Gasteiger partial charge < -0.3 is 14.5 Å². The lowest BCUT2D eigenvalue weighted by Crippen LogP contribution is -2.47. The van der Waals surface area contributed by atoms with E-state index in [0.29, 0.717) is 49.6 Å². The van der Waals surface area contributed by atoms with Crippen molar-refractivity contribution in [1.82, 2.24) is 19.9 Å². The van der Waals surface area contributed by atoms with Crippen LogP contribution in [-0.4, -0.2) is 53.2 Å². The van der Waals surface area contributed by atoms with Crippen LogP contribution in [0, 0.1) is 0 Å². The molecule has 0 amide bonds. The van der Waals surface area contributed by atoms with Gasteiger partial charge in [0.2, 0.25) is 11.8 Å². The monoisotopic (exact) mass is 380 g/mol. The molecular weight excluding hydrogens is 361 g/mol. The number of alkyl halides is 3. The van der Waals surface area contributed by atoms with Crippen molar-refractivity contribution in [3.8, 4) is 5.88 Å². The first-order valence-corrected chi connectivity index (χ1v) is 8.77. The van der Waals surface area contributed by atoms with Crippen molar-refractivity contribution in [1.29, 1.82) is 0 Å². The molecule has 4 rings (SSSR count). The summed E-state index contributed by atoms with van der Waals surface area (Å²) in [6.07, 6.45) is -1.16. The second-order valence-electron chi connectivity index (χ2n) is 6.61. The first-order chi connectivity index (χ1) is 12.9. The van der Waals surface area contributed by atoms with Crippen molar-refractivity contribution < 1.29 is 17.9 Å². The molecule has 2 fully saturated rings. The molecule has 0 atom stereocenters. The van der Waals surface area contributed by atoms with E-state index in [-0.39, 0.29) is 5.92 Å². The molecule has 1 aliphatic heterocycles. The second-order valence-corrected chi connectivity index (χ2v) is 6.61. The van der Waals surface area contributed by atoms with Crippen LogP contribution in [0.15, 0.2) is 18.3 Å². The molecule has 2 aromatic heterocycles. The molecule has 144 valence electrons. The Balaban J connectivity index is 1.51. The van der Waals surface area contributed by atoms with E-state index >= 15 is 0 Å². The molecule has 2 aliphatic rings. The largest absolute Gasteiger partial charge is 0.481 e. The van der Waals surface area contributed by atoms with E-state index in [9.17, 15) is 13.2 Å². The maximum atomic E-state index is 13.2. The smallest absolute Gasteiger partial charge is 0.433 e. The van der Waals surface area contributed by atoms with Gasteiger partial charge in [0, 0.05) is 50.4 Å². The van der Waals surface area contributed by atoms with Gasteiger partial charge in [-0.3, -0.25) is 0 Å². The van der Waals surface area contributed by atoms with Gasteiger partial charge in [-0.2, -0.15) is 18.2 Å². The molecule has 1 aliphatic carbocycles. The van der Waals surface area contributed by atoms with Gasteiger partial charge in [-0.15, -0.1) is 0 Å². The number of hydrogen-bond acceptors (Lipinski definition) is 7. The van der Waals surface area contributed by atoms with Crippen molar-refractivity contribution in [2.45, 2.75) is 24.9 Å². The summed E-state index contributed by atoms with van der Waals surface area (Å²) < 4.78 is 44.7. The number of anilines is 2. The summed E-state index contributed by atoms with van der Waals surface area (Å²) in [6.45, 7) is 2.21. The quantitative estimate of drug-likeness (QED) is 0.807. The van der Waals surface area contributed by atoms with Crippen molar-refractivity contribution >= 4 is 11.8 Å². The summed E-state index contributed by atoms with van der Waals surface area (Å²) in [4.78, 5) is 20.5. The third kappa shape index (κ3) is 3.88. The molecule has 0 bridgehead atoms. The average molecular weight is 380 g/mol. The fourth-order valence-corrected chi connectivity index (χ4v) is 3.02. The molecule has 10 heteroatoms. The predicted octanol–water partition coefficient (Wildman–Crippen LogP) is 2.50. The summed E-state index contributed by atoms with van der Waals surface area (Å²) in [5, 5.41) is 0. The Labute approximate surface area is 154 Å². The molecule has 0 spiro atoms. The van der Waals surface area contributed by atoms with Crippen molar-refractivity contribution in [2.75, 3.05) is 43.1 Å². The summed E-state index contributed by atoms with van der Waals surface area (Å²) in [5.41, 5.74) is -0.868. The first-order valence-electron chi connectivity index (χ1n) is 8.77. The maximum Gasteiger partial charge on any atom is 0.433 e. The molecular formula is C17H19F3N6O. The van der Waals surface area contributed by atoms with Gasteiger partial charge in [-0.25, -0.2) is 15.0 Å². The van der Waals surface area contributed by atoms with Crippen LogP contribution in [0.25, 0.3) is 0 Å². The molecule has 1 saturated heterocycles. The lowest BCUT2D eigenvalue weighted by atomic mass is 10.2. The third-order valence-corrected chi connectivity index (χ3v) is 4.68. The van der Waals surface area contributed by atoms with Crippen molar-refractivity contribution in [3.63, 3.8) is 0 Å². The van der Waals surface area contributed by atoms with Gasteiger partial charge in [-0.1, -0.05) is 0 Å². The minimum atomic E-state index is -4.47. The van der Waals surface area contributed by atoms with Gasteiger partial charge >= 0.3 is 6.18 Å². The Morgan fingerprint density at radius 1 is 1.04 bits per heavy atom. The Morgan fingerprint density at radius 3 is 2.37 bits per heavy atom. The first kappa shape index (κ1) is 17.7. The minimum Gasteiger partial charge on any atom is -0.481 e. The minimum absolute atomic E-state index is 0.0533. The van der Waals surface area contributed by atoms with Crippen LogP contribution in [0.3, 0.4) is 0 Å². The fraction of sp³-hybridized carbons (Fsp3) is 0.529. The number of ether oxygens (including phenoxy) is 1. The van der Waals surface area contributed by atoms with Crippen molar-refractivity contribution in [2.24, 2.45) is 0 Å². The van der Waals surface area contributed by atoms with Crippen LogP contribution in [0.1, 0.15) is 30.3 Å². The van der Waals surface area contributed by atoms with E-state index in [2.05, 4.69) is 19.9 Å². The van der Waals surface area contributed by atoms with E-state index in [1.807, 2.05) is 9.80 Å². The standard InChI is InChI=1S/C17H19F3N6O/c1-27-14-4-5-21-16(24-14)26-8-6-25(7-9-26)13-10-12(17(18,19)20)22-15(23-13)11-2-3-11/h4-5,10-11H,2-3,6-9H2,1H3. The molecule has 0 aromatic carbocycles. The molecule has 1 saturated carbocycles. The van der Waals surface area contributed by atoms with Crippen LogP contribution >= 0.6 is 0 Å². The Bertz CT molecular complexity index is 819.